The van der Waals surface area contributed by atoms with Crippen LogP contribution >= 0.6 is 24.0 Å². The van der Waals surface area contributed by atoms with Crippen LogP contribution in [-0.4, -0.2) is 23.1 Å². The number of carbonyl (C=O) groups is 2. The number of benzene rings is 2. The minimum atomic E-state index is -0.188. The van der Waals surface area contributed by atoms with Crippen molar-refractivity contribution in [2.45, 2.75) is 6.92 Å². The summed E-state index contributed by atoms with van der Waals surface area (Å²) in [5.74, 6) is 0.512. The van der Waals surface area contributed by atoms with Gasteiger partial charge < -0.3 is 4.74 Å². The van der Waals surface area contributed by atoms with E-state index in [2.05, 4.69) is 0 Å². The smallest absolute Gasteiger partial charge is 0.270 e. The number of thioether (sulfide) groups is 1. The number of Topliss-reactive ketones (excluding diaryl/α,β-unsaturated/α-hetero) is 1. The standard InChI is InChI=1S/C19H15NO3S2/c1-12(21)14-4-3-5-15(11-14)20-18(22)17(25-19(20)24)10-13-6-8-16(23-2)9-7-13/h3-11H,1-2H3. The van der Waals surface area contributed by atoms with Crippen LogP contribution in [0.2, 0.25) is 0 Å². The molecule has 1 aliphatic heterocycles. The fraction of sp³-hybridized carbons (Fsp3) is 0.105. The highest BCUT2D eigenvalue weighted by atomic mass is 32.2. The Morgan fingerprint density at radius 3 is 2.56 bits per heavy atom. The predicted octanol–water partition coefficient (Wildman–Crippen LogP) is 4.30. The summed E-state index contributed by atoms with van der Waals surface area (Å²) in [6.45, 7) is 1.49. The summed E-state index contributed by atoms with van der Waals surface area (Å²) < 4.78 is 5.58. The van der Waals surface area contributed by atoms with Crippen LogP contribution in [0.5, 0.6) is 5.75 Å². The second kappa shape index (κ2) is 7.21. The van der Waals surface area contributed by atoms with Crippen molar-refractivity contribution in [3.05, 3.63) is 64.6 Å². The summed E-state index contributed by atoms with van der Waals surface area (Å²) in [6, 6.07) is 14.3. The molecule has 0 unspecified atom stereocenters. The molecule has 0 bridgehead atoms. The largest absolute Gasteiger partial charge is 0.497 e. The van der Waals surface area contributed by atoms with Gasteiger partial charge in [0.05, 0.1) is 17.7 Å². The van der Waals surface area contributed by atoms with E-state index in [0.717, 1.165) is 11.3 Å². The molecule has 2 aromatic carbocycles. The fourth-order valence-corrected chi connectivity index (χ4v) is 3.70. The fourth-order valence-electron chi connectivity index (χ4n) is 2.41. The van der Waals surface area contributed by atoms with Gasteiger partial charge in [-0.05, 0) is 42.8 Å². The monoisotopic (exact) mass is 369 g/mol. The normalized spacial score (nSPS) is 15.8. The molecular formula is C19H15NO3S2. The third-order valence-corrected chi connectivity index (χ3v) is 5.02. The highest BCUT2D eigenvalue weighted by molar-refractivity contribution is 8.27. The van der Waals surface area contributed by atoms with Gasteiger partial charge in [-0.1, -0.05) is 48.2 Å². The molecule has 0 aromatic heterocycles. The Morgan fingerprint density at radius 2 is 1.92 bits per heavy atom. The zero-order valence-corrected chi connectivity index (χ0v) is 15.3. The molecule has 1 saturated heterocycles. The first-order chi connectivity index (χ1) is 12.0. The van der Waals surface area contributed by atoms with Crippen LogP contribution in [0.15, 0.2) is 53.4 Å². The minimum absolute atomic E-state index is 0.0546. The lowest BCUT2D eigenvalue weighted by molar-refractivity contribution is -0.113. The van der Waals surface area contributed by atoms with Crippen LogP contribution in [0.3, 0.4) is 0 Å². The van der Waals surface area contributed by atoms with E-state index in [1.54, 1.807) is 37.5 Å². The lowest BCUT2D eigenvalue weighted by Crippen LogP contribution is -2.27. The van der Waals surface area contributed by atoms with Gasteiger partial charge in [0.15, 0.2) is 10.1 Å². The summed E-state index contributed by atoms with van der Waals surface area (Å²) in [5, 5.41) is 0. The van der Waals surface area contributed by atoms with Crippen molar-refractivity contribution in [1.82, 2.24) is 0 Å². The molecule has 1 fully saturated rings. The van der Waals surface area contributed by atoms with Crippen molar-refractivity contribution < 1.29 is 14.3 Å². The number of amides is 1. The number of hydrogen-bond acceptors (Lipinski definition) is 5. The molecule has 1 heterocycles. The summed E-state index contributed by atoms with van der Waals surface area (Å²) >= 11 is 6.61. The Labute approximate surface area is 155 Å². The van der Waals surface area contributed by atoms with Crippen LogP contribution in [0, 0.1) is 0 Å². The zero-order valence-electron chi connectivity index (χ0n) is 13.7. The molecule has 0 aliphatic carbocycles. The van der Waals surface area contributed by atoms with Gasteiger partial charge >= 0.3 is 0 Å². The van der Waals surface area contributed by atoms with Gasteiger partial charge in [-0.15, -0.1) is 0 Å². The number of carbonyl (C=O) groups excluding carboxylic acids is 2. The van der Waals surface area contributed by atoms with Gasteiger partial charge in [-0.2, -0.15) is 0 Å². The Morgan fingerprint density at radius 1 is 1.20 bits per heavy atom. The second-order valence-electron chi connectivity index (χ2n) is 5.40. The molecule has 0 saturated carbocycles. The van der Waals surface area contributed by atoms with E-state index in [-0.39, 0.29) is 11.7 Å². The molecule has 126 valence electrons. The third-order valence-electron chi connectivity index (χ3n) is 3.72. The lowest BCUT2D eigenvalue weighted by atomic mass is 10.1. The molecule has 6 heteroatoms. The van der Waals surface area contributed by atoms with Crippen LogP contribution in [-0.2, 0) is 4.79 Å². The number of methoxy groups -OCH3 is 1. The maximum atomic E-state index is 12.8. The van der Waals surface area contributed by atoms with E-state index in [4.69, 9.17) is 17.0 Å². The number of hydrogen-bond donors (Lipinski definition) is 0. The zero-order chi connectivity index (χ0) is 18.0. The summed E-state index contributed by atoms with van der Waals surface area (Å²) in [6.07, 6.45) is 1.80. The number of ketones is 1. The minimum Gasteiger partial charge on any atom is -0.497 e. The summed E-state index contributed by atoms with van der Waals surface area (Å²) in [4.78, 5) is 26.3. The number of thiocarbonyl (C=S) groups is 1. The SMILES string of the molecule is COc1ccc(C=C2SC(=S)N(c3cccc(C(C)=O)c3)C2=O)cc1. The molecule has 25 heavy (non-hydrogen) atoms. The molecule has 0 N–H and O–H groups in total. The van der Waals surface area contributed by atoms with Crippen molar-refractivity contribution in [2.75, 3.05) is 12.0 Å². The summed E-state index contributed by atoms with van der Waals surface area (Å²) in [5.41, 5.74) is 2.04. The van der Waals surface area contributed by atoms with E-state index in [1.807, 2.05) is 24.3 Å². The molecule has 4 nitrogen and oxygen atoms in total. The Bertz CT molecular complexity index is 888. The highest BCUT2D eigenvalue weighted by Gasteiger charge is 2.33. The van der Waals surface area contributed by atoms with Crippen LogP contribution in [0.25, 0.3) is 6.08 Å². The van der Waals surface area contributed by atoms with Gasteiger partial charge in [0.25, 0.3) is 5.91 Å². The molecule has 0 radical (unpaired) electrons. The number of nitrogens with zero attached hydrogens (tertiary/aromatic N) is 1. The quantitative estimate of drug-likeness (QED) is 0.457. The summed E-state index contributed by atoms with van der Waals surface area (Å²) in [7, 11) is 1.61. The molecule has 1 amide bonds. The molecule has 2 aromatic rings. The van der Waals surface area contributed by atoms with Crippen LogP contribution in [0.1, 0.15) is 22.8 Å². The molecule has 0 atom stereocenters. The topological polar surface area (TPSA) is 46.6 Å². The second-order valence-corrected chi connectivity index (χ2v) is 7.07. The lowest BCUT2D eigenvalue weighted by Gasteiger charge is -2.15. The maximum absolute atomic E-state index is 12.8. The van der Waals surface area contributed by atoms with Gasteiger partial charge in [-0.25, -0.2) is 0 Å². The van der Waals surface area contributed by atoms with Crippen molar-refractivity contribution in [3.8, 4) is 5.75 Å². The molecule has 3 rings (SSSR count). The van der Waals surface area contributed by atoms with Gasteiger partial charge in [-0.3, -0.25) is 14.5 Å². The predicted molar refractivity (Wildman–Crippen MR) is 105 cm³/mol. The van der Waals surface area contributed by atoms with E-state index >= 15 is 0 Å². The van der Waals surface area contributed by atoms with E-state index in [0.29, 0.717) is 20.5 Å². The Hall–Kier alpha value is -2.44. The average Bonchev–Trinajstić information content (AvgIpc) is 2.89. The first kappa shape index (κ1) is 17.4. The van der Waals surface area contributed by atoms with Gasteiger partial charge in [0.1, 0.15) is 5.75 Å². The van der Waals surface area contributed by atoms with Crippen molar-refractivity contribution in [3.63, 3.8) is 0 Å². The van der Waals surface area contributed by atoms with Gasteiger partial charge in [0.2, 0.25) is 0 Å². The highest BCUT2D eigenvalue weighted by Crippen LogP contribution is 2.36. The number of anilines is 1. The first-order valence-electron chi connectivity index (χ1n) is 7.52. The van der Waals surface area contributed by atoms with E-state index in [1.165, 1.54) is 23.6 Å². The third kappa shape index (κ3) is 3.65. The maximum Gasteiger partial charge on any atom is 0.270 e. The van der Waals surface area contributed by atoms with Crippen molar-refractivity contribution in [1.29, 1.82) is 0 Å². The van der Waals surface area contributed by atoms with Gasteiger partial charge in [0, 0.05) is 5.56 Å². The van der Waals surface area contributed by atoms with Crippen molar-refractivity contribution in [2.24, 2.45) is 0 Å². The average molecular weight is 369 g/mol. The van der Waals surface area contributed by atoms with Crippen molar-refractivity contribution >= 4 is 51.8 Å². The van der Waals surface area contributed by atoms with Crippen LogP contribution < -0.4 is 9.64 Å². The van der Waals surface area contributed by atoms with Crippen LogP contribution in [0.4, 0.5) is 5.69 Å². The Kier molecular flexibility index (Phi) is 5.01. The first-order valence-corrected chi connectivity index (χ1v) is 8.75. The number of ether oxygens (including phenoxy) is 1. The number of rotatable bonds is 4. The molecule has 1 aliphatic rings. The Balaban J connectivity index is 1.90. The molecular weight excluding hydrogens is 354 g/mol. The molecule has 0 spiro atoms. The van der Waals surface area contributed by atoms with E-state index < -0.39 is 0 Å². The van der Waals surface area contributed by atoms with E-state index in [9.17, 15) is 9.59 Å².